The zero-order valence-electron chi connectivity index (χ0n) is 15.4. The van der Waals surface area contributed by atoms with Crippen LogP contribution in [-0.2, 0) is 6.54 Å². The summed E-state index contributed by atoms with van der Waals surface area (Å²) in [5.74, 6) is 0.829. The van der Waals surface area contributed by atoms with Crippen LogP contribution in [0.25, 0.3) is 5.82 Å². The van der Waals surface area contributed by atoms with Gasteiger partial charge in [0.05, 0.1) is 0 Å². The van der Waals surface area contributed by atoms with Gasteiger partial charge in [0.15, 0.2) is 10.9 Å². The Morgan fingerprint density at radius 3 is 2.82 bits per heavy atom. The minimum Gasteiger partial charge on any atom is -0.324 e. The van der Waals surface area contributed by atoms with Crippen molar-refractivity contribution in [3.63, 3.8) is 0 Å². The first kappa shape index (κ1) is 18.3. The van der Waals surface area contributed by atoms with E-state index in [1.165, 1.54) is 39.4 Å². The fraction of sp³-hybridized carbons (Fsp3) is 0.412. The maximum Gasteiger partial charge on any atom is 0.323 e. The molecule has 28 heavy (non-hydrogen) atoms. The number of aryl methyl sites for hydroxylation is 1. The molecule has 1 aliphatic heterocycles. The van der Waals surface area contributed by atoms with E-state index in [0.717, 1.165) is 17.7 Å². The Bertz CT molecular complexity index is 1000. The third-order valence-corrected chi connectivity index (χ3v) is 5.50. The highest BCUT2D eigenvalue weighted by molar-refractivity contribution is 7.15. The summed E-state index contributed by atoms with van der Waals surface area (Å²) in [6.07, 6.45) is 6.33. The number of hydrogen-bond donors (Lipinski definition) is 1. The quantitative estimate of drug-likeness (QED) is 0.711. The number of amides is 2. The van der Waals surface area contributed by atoms with E-state index in [2.05, 4.69) is 25.5 Å². The maximum absolute atomic E-state index is 12.4. The predicted octanol–water partition coefficient (Wildman–Crippen LogP) is 1.53. The third-order valence-electron chi connectivity index (χ3n) is 4.67. The lowest BCUT2D eigenvalue weighted by atomic mass is 9.97. The van der Waals surface area contributed by atoms with E-state index in [0.29, 0.717) is 30.6 Å². The Morgan fingerprint density at radius 1 is 1.32 bits per heavy atom. The van der Waals surface area contributed by atoms with Gasteiger partial charge in [0, 0.05) is 36.8 Å². The Balaban J connectivity index is 1.35. The van der Waals surface area contributed by atoms with Crippen LogP contribution in [0.5, 0.6) is 0 Å². The van der Waals surface area contributed by atoms with Gasteiger partial charge in [-0.2, -0.15) is 5.10 Å². The fourth-order valence-corrected chi connectivity index (χ4v) is 3.82. The molecule has 11 heteroatoms. The number of carbonyl (C=O) groups is 1. The molecule has 4 heterocycles. The Labute approximate surface area is 164 Å². The first-order valence-corrected chi connectivity index (χ1v) is 9.81. The van der Waals surface area contributed by atoms with Crippen LogP contribution in [0.4, 0.5) is 9.93 Å². The van der Waals surface area contributed by atoms with Crippen LogP contribution in [0.2, 0.25) is 0 Å². The van der Waals surface area contributed by atoms with Crippen molar-refractivity contribution in [1.29, 1.82) is 0 Å². The molecule has 0 aliphatic carbocycles. The molecular weight excluding hydrogens is 380 g/mol. The minimum atomic E-state index is -0.150. The van der Waals surface area contributed by atoms with Gasteiger partial charge in [0.2, 0.25) is 0 Å². The van der Waals surface area contributed by atoms with Crippen molar-refractivity contribution in [3.8, 4) is 5.82 Å². The van der Waals surface area contributed by atoms with Gasteiger partial charge in [-0.25, -0.2) is 24.1 Å². The van der Waals surface area contributed by atoms with Gasteiger partial charge in [0.25, 0.3) is 5.56 Å². The van der Waals surface area contributed by atoms with E-state index in [9.17, 15) is 9.59 Å². The summed E-state index contributed by atoms with van der Waals surface area (Å²) in [5.41, 5.74) is -0.150. The van der Waals surface area contributed by atoms with Crippen LogP contribution < -0.4 is 10.9 Å². The molecule has 1 aliphatic rings. The topological polar surface area (TPSA) is 111 Å². The number of hydrogen-bond acceptors (Lipinski definition) is 7. The highest BCUT2D eigenvalue weighted by atomic mass is 32.1. The molecule has 0 unspecified atom stereocenters. The van der Waals surface area contributed by atoms with Gasteiger partial charge < -0.3 is 4.90 Å². The number of urea groups is 1. The van der Waals surface area contributed by atoms with Gasteiger partial charge in [-0.05, 0) is 31.7 Å². The number of carbonyl (C=O) groups excluding carboxylic acids is 1. The number of likely N-dealkylation sites (tertiary alicyclic amines) is 1. The normalized spacial score (nSPS) is 15.0. The zero-order valence-corrected chi connectivity index (χ0v) is 16.2. The lowest BCUT2D eigenvalue weighted by Crippen LogP contribution is -2.42. The average molecular weight is 400 g/mol. The van der Waals surface area contributed by atoms with E-state index in [4.69, 9.17) is 0 Å². The fourth-order valence-electron chi connectivity index (χ4n) is 3.16. The van der Waals surface area contributed by atoms with E-state index < -0.39 is 0 Å². The summed E-state index contributed by atoms with van der Waals surface area (Å²) < 4.78 is 2.99. The van der Waals surface area contributed by atoms with Gasteiger partial charge in [-0.1, -0.05) is 0 Å². The van der Waals surface area contributed by atoms with Crippen LogP contribution in [0.1, 0.15) is 17.7 Å². The van der Waals surface area contributed by atoms with Crippen LogP contribution in [-0.4, -0.2) is 53.5 Å². The molecule has 3 aromatic heterocycles. The summed E-state index contributed by atoms with van der Waals surface area (Å²) in [5, 5.41) is 11.9. The van der Waals surface area contributed by atoms with Crippen LogP contribution in [0, 0.1) is 12.8 Å². The third kappa shape index (κ3) is 4.09. The number of nitrogens with one attached hydrogen (secondary N) is 1. The number of nitrogens with zero attached hydrogens (tertiary/aromatic N) is 7. The molecule has 0 bridgehead atoms. The highest BCUT2D eigenvalue weighted by Crippen LogP contribution is 2.21. The number of anilines is 1. The molecule has 0 atom stereocenters. The second-order valence-corrected chi connectivity index (χ2v) is 7.92. The van der Waals surface area contributed by atoms with Crippen molar-refractivity contribution >= 4 is 22.5 Å². The first-order chi connectivity index (χ1) is 13.6. The van der Waals surface area contributed by atoms with Crippen LogP contribution in [0.15, 0.2) is 35.8 Å². The van der Waals surface area contributed by atoms with Gasteiger partial charge in [-0.15, -0.1) is 16.4 Å². The molecule has 1 fully saturated rings. The van der Waals surface area contributed by atoms with Crippen molar-refractivity contribution in [3.05, 3.63) is 46.2 Å². The lowest BCUT2D eigenvalue weighted by molar-refractivity contribution is 0.174. The van der Waals surface area contributed by atoms with Crippen molar-refractivity contribution in [2.24, 2.45) is 5.92 Å². The van der Waals surface area contributed by atoms with Crippen molar-refractivity contribution in [1.82, 2.24) is 34.4 Å². The molecule has 0 spiro atoms. The Morgan fingerprint density at radius 2 is 2.14 bits per heavy atom. The molecular formula is C17H20N8O2S. The zero-order chi connectivity index (χ0) is 19.5. The number of rotatable bonds is 4. The number of piperidine rings is 1. The maximum atomic E-state index is 12.4. The summed E-state index contributed by atoms with van der Waals surface area (Å²) in [7, 11) is 0. The standard InChI is InChI=1S/C17H20N8O2S/c1-12-8-19-16(28-12)21-17(27)23-6-4-13(5-7-23)9-24-15(26)3-2-14(22-24)25-11-18-10-20-25/h2-3,8,10-11,13H,4-7,9H2,1H3,(H,19,21,27). The molecule has 10 nitrogen and oxygen atoms in total. The minimum absolute atomic E-state index is 0.128. The average Bonchev–Trinajstić information content (AvgIpc) is 3.36. The Hall–Kier alpha value is -3.08. The summed E-state index contributed by atoms with van der Waals surface area (Å²) in [6.45, 7) is 3.74. The monoisotopic (exact) mass is 400 g/mol. The first-order valence-electron chi connectivity index (χ1n) is 9.00. The summed E-state index contributed by atoms with van der Waals surface area (Å²) in [6, 6.07) is 2.99. The van der Waals surface area contributed by atoms with E-state index in [-0.39, 0.29) is 17.5 Å². The Kier molecular flexibility index (Phi) is 5.15. The molecule has 0 saturated carbocycles. The molecule has 0 radical (unpaired) electrons. The van der Waals surface area contributed by atoms with E-state index >= 15 is 0 Å². The number of thiazole rings is 1. The summed E-state index contributed by atoms with van der Waals surface area (Å²) in [4.78, 5) is 35.4. The molecule has 2 amide bonds. The second kappa shape index (κ2) is 7.89. The van der Waals surface area contributed by atoms with Crippen LogP contribution in [0.3, 0.4) is 0 Å². The van der Waals surface area contributed by atoms with E-state index in [1.54, 1.807) is 17.2 Å². The molecule has 1 N–H and O–H groups in total. The largest absolute Gasteiger partial charge is 0.324 e. The van der Waals surface area contributed by atoms with E-state index in [1.807, 2.05) is 6.92 Å². The van der Waals surface area contributed by atoms with Crippen LogP contribution >= 0.6 is 11.3 Å². The summed E-state index contributed by atoms with van der Waals surface area (Å²) >= 11 is 1.46. The van der Waals surface area contributed by atoms with Crippen molar-refractivity contribution < 1.29 is 4.79 Å². The molecule has 146 valence electrons. The van der Waals surface area contributed by atoms with Crippen molar-refractivity contribution in [2.45, 2.75) is 26.3 Å². The molecule has 3 aromatic rings. The SMILES string of the molecule is Cc1cnc(NC(=O)N2CCC(Cn3nc(-n4cncn4)ccc3=O)CC2)s1. The van der Waals surface area contributed by atoms with Gasteiger partial charge in [-0.3, -0.25) is 10.1 Å². The predicted molar refractivity (Wildman–Crippen MR) is 104 cm³/mol. The van der Waals surface area contributed by atoms with Gasteiger partial charge in [0.1, 0.15) is 12.7 Å². The van der Waals surface area contributed by atoms with Gasteiger partial charge >= 0.3 is 6.03 Å². The molecule has 1 saturated heterocycles. The smallest absolute Gasteiger partial charge is 0.323 e. The lowest BCUT2D eigenvalue weighted by Gasteiger charge is -2.31. The second-order valence-electron chi connectivity index (χ2n) is 6.69. The molecule has 0 aromatic carbocycles. The van der Waals surface area contributed by atoms with Crippen molar-refractivity contribution in [2.75, 3.05) is 18.4 Å². The highest BCUT2D eigenvalue weighted by Gasteiger charge is 2.24. The molecule has 4 rings (SSSR count). The number of aromatic nitrogens is 6.